The Kier molecular flexibility index (Phi) is 3.88. The molecule has 6 nitrogen and oxygen atoms in total. The number of nitrogens with two attached hydrogens (primary N) is 1. The highest BCUT2D eigenvalue weighted by atomic mass is 19.1. The lowest BCUT2D eigenvalue weighted by molar-refractivity contribution is 0.629. The van der Waals surface area contributed by atoms with E-state index in [1.54, 1.807) is 12.1 Å². The second-order valence-electron chi connectivity index (χ2n) is 6.52. The van der Waals surface area contributed by atoms with Gasteiger partial charge >= 0.3 is 0 Å². The van der Waals surface area contributed by atoms with Crippen molar-refractivity contribution in [2.45, 2.75) is 31.7 Å². The van der Waals surface area contributed by atoms with Crippen molar-refractivity contribution in [2.24, 2.45) is 0 Å². The molecule has 0 radical (unpaired) electrons. The molecule has 2 aromatic heterocycles. The number of nitrogens with zero attached hydrogens (tertiary/aromatic N) is 4. The van der Waals surface area contributed by atoms with Crippen LogP contribution in [0.1, 0.15) is 48.4 Å². The van der Waals surface area contributed by atoms with Crippen LogP contribution in [-0.4, -0.2) is 15.0 Å². The van der Waals surface area contributed by atoms with E-state index in [2.05, 4.69) is 20.3 Å². The zero-order chi connectivity index (χ0) is 18.3. The molecule has 0 aliphatic heterocycles. The number of nitriles is 1. The number of rotatable bonds is 4. The molecule has 0 spiro atoms. The average Bonchev–Trinajstić information content (AvgIpc) is 3.45. The molecular formula is C19H17FN6. The Labute approximate surface area is 149 Å². The van der Waals surface area contributed by atoms with Gasteiger partial charge in [0.2, 0.25) is 0 Å². The first-order chi connectivity index (χ1) is 12.6. The summed E-state index contributed by atoms with van der Waals surface area (Å²) in [5.74, 6) is 0.661. The van der Waals surface area contributed by atoms with E-state index in [9.17, 15) is 9.65 Å². The number of hydrogen-bond acceptors (Lipinski definition) is 6. The number of pyridine rings is 1. The number of halogens is 1. The zero-order valence-electron chi connectivity index (χ0n) is 14.2. The molecule has 3 N–H and O–H groups in total. The van der Waals surface area contributed by atoms with Gasteiger partial charge < -0.3 is 11.1 Å². The highest BCUT2D eigenvalue weighted by Gasteiger charge is 2.30. The van der Waals surface area contributed by atoms with Crippen molar-refractivity contribution in [3.05, 3.63) is 53.2 Å². The van der Waals surface area contributed by atoms with Crippen molar-refractivity contribution in [3.8, 4) is 6.07 Å². The van der Waals surface area contributed by atoms with Crippen LogP contribution < -0.4 is 11.1 Å². The summed E-state index contributed by atoms with van der Waals surface area (Å²) in [5, 5.41) is 13.4. The van der Waals surface area contributed by atoms with Gasteiger partial charge in [-0.2, -0.15) is 5.26 Å². The van der Waals surface area contributed by atoms with Gasteiger partial charge in [-0.05, 0) is 55.0 Å². The van der Waals surface area contributed by atoms with Crippen molar-refractivity contribution < 1.29 is 4.39 Å². The molecule has 0 saturated heterocycles. The third-order valence-electron chi connectivity index (χ3n) is 4.70. The van der Waals surface area contributed by atoms with E-state index in [-0.39, 0.29) is 23.2 Å². The SMILES string of the molecule is C[C@@H](Nc1ncnc(N)c1C#N)c1cnc2ccc(F)cc2c1C1CC1. The summed E-state index contributed by atoms with van der Waals surface area (Å²) in [6.07, 6.45) is 5.31. The van der Waals surface area contributed by atoms with E-state index in [0.29, 0.717) is 11.7 Å². The first kappa shape index (κ1) is 16.2. The number of nitrogen functional groups attached to an aromatic ring is 1. The van der Waals surface area contributed by atoms with Crippen LogP contribution in [-0.2, 0) is 0 Å². The van der Waals surface area contributed by atoms with Crippen LogP contribution in [0.15, 0.2) is 30.7 Å². The Hall–Kier alpha value is -3.27. The lowest BCUT2D eigenvalue weighted by Crippen LogP contribution is -2.13. The second-order valence-corrected chi connectivity index (χ2v) is 6.52. The zero-order valence-corrected chi connectivity index (χ0v) is 14.2. The highest BCUT2D eigenvalue weighted by Crippen LogP contribution is 2.46. The van der Waals surface area contributed by atoms with Crippen LogP contribution in [0.25, 0.3) is 10.9 Å². The molecule has 1 fully saturated rings. The Morgan fingerprint density at radius 1 is 1.31 bits per heavy atom. The first-order valence-corrected chi connectivity index (χ1v) is 8.43. The molecule has 1 saturated carbocycles. The fourth-order valence-electron chi connectivity index (χ4n) is 3.28. The quantitative estimate of drug-likeness (QED) is 0.746. The summed E-state index contributed by atoms with van der Waals surface area (Å²) in [6.45, 7) is 1.97. The second kappa shape index (κ2) is 6.23. The molecule has 2 heterocycles. The third-order valence-corrected chi connectivity index (χ3v) is 4.70. The summed E-state index contributed by atoms with van der Waals surface area (Å²) in [7, 11) is 0. The molecule has 0 unspecified atom stereocenters. The number of aromatic nitrogens is 3. The van der Waals surface area contributed by atoms with Crippen molar-refractivity contribution in [2.75, 3.05) is 11.1 Å². The fraction of sp³-hybridized carbons (Fsp3) is 0.263. The molecule has 4 rings (SSSR count). The van der Waals surface area contributed by atoms with Crippen LogP contribution in [0.4, 0.5) is 16.0 Å². The van der Waals surface area contributed by atoms with Crippen LogP contribution in [0, 0.1) is 17.1 Å². The standard InChI is InChI=1S/C19H17FN6/c1-10(26-19-14(7-21)18(22)24-9-25-19)15-8-23-16-5-4-12(20)6-13(16)17(15)11-2-3-11/h4-6,8-11H,2-3H2,1H3,(H3,22,24,25,26)/t10-/m1/s1. The predicted octanol–water partition coefficient (Wildman–Crippen LogP) is 3.67. The monoisotopic (exact) mass is 348 g/mol. The van der Waals surface area contributed by atoms with E-state index in [0.717, 1.165) is 34.9 Å². The smallest absolute Gasteiger partial charge is 0.150 e. The van der Waals surface area contributed by atoms with Gasteiger partial charge in [0.05, 0.1) is 11.6 Å². The highest BCUT2D eigenvalue weighted by molar-refractivity contribution is 5.84. The molecule has 130 valence electrons. The summed E-state index contributed by atoms with van der Waals surface area (Å²) in [4.78, 5) is 12.5. The maximum atomic E-state index is 13.8. The van der Waals surface area contributed by atoms with Crippen molar-refractivity contribution in [1.82, 2.24) is 15.0 Å². The number of hydrogen-bond donors (Lipinski definition) is 2. The van der Waals surface area contributed by atoms with Crippen LogP contribution in [0.5, 0.6) is 0 Å². The molecule has 7 heteroatoms. The summed E-state index contributed by atoms with van der Waals surface area (Å²) < 4.78 is 13.8. The molecular weight excluding hydrogens is 331 g/mol. The molecule has 1 atom stereocenters. The lowest BCUT2D eigenvalue weighted by atomic mass is 9.95. The van der Waals surface area contributed by atoms with Gasteiger partial charge in [0.15, 0.2) is 0 Å². The number of fused-ring (bicyclic) bond motifs is 1. The van der Waals surface area contributed by atoms with Gasteiger partial charge in [-0.3, -0.25) is 4.98 Å². The minimum absolute atomic E-state index is 0.137. The van der Waals surface area contributed by atoms with E-state index in [4.69, 9.17) is 5.73 Å². The average molecular weight is 348 g/mol. The van der Waals surface area contributed by atoms with Crippen LogP contribution >= 0.6 is 0 Å². The van der Waals surface area contributed by atoms with Gasteiger partial charge in [-0.15, -0.1) is 0 Å². The molecule has 3 aromatic rings. The van der Waals surface area contributed by atoms with Crippen molar-refractivity contribution in [1.29, 1.82) is 5.26 Å². The van der Waals surface area contributed by atoms with Gasteiger partial charge in [-0.1, -0.05) is 0 Å². The summed E-state index contributed by atoms with van der Waals surface area (Å²) in [6, 6.07) is 6.54. The van der Waals surface area contributed by atoms with E-state index in [1.165, 1.54) is 12.4 Å². The van der Waals surface area contributed by atoms with E-state index in [1.807, 2.05) is 19.2 Å². The Morgan fingerprint density at radius 3 is 2.85 bits per heavy atom. The minimum Gasteiger partial charge on any atom is -0.382 e. The van der Waals surface area contributed by atoms with Gasteiger partial charge in [0.25, 0.3) is 0 Å². The maximum Gasteiger partial charge on any atom is 0.150 e. The molecule has 26 heavy (non-hydrogen) atoms. The normalized spacial score (nSPS) is 14.8. The Balaban J connectivity index is 1.78. The maximum absolute atomic E-state index is 13.8. The van der Waals surface area contributed by atoms with E-state index >= 15 is 0 Å². The van der Waals surface area contributed by atoms with Gasteiger partial charge in [0.1, 0.15) is 35.4 Å². The topological polar surface area (TPSA) is 101 Å². The largest absolute Gasteiger partial charge is 0.382 e. The van der Waals surface area contributed by atoms with Crippen molar-refractivity contribution in [3.63, 3.8) is 0 Å². The molecule has 0 amide bonds. The van der Waals surface area contributed by atoms with Crippen LogP contribution in [0.2, 0.25) is 0 Å². The Bertz CT molecular complexity index is 1040. The molecule has 1 aliphatic carbocycles. The molecule has 1 aliphatic rings. The van der Waals surface area contributed by atoms with Crippen LogP contribution in [0.3, 0.4) is 0 Å². The minimum atomic E-state index is -0.269. The molecule has 1 aromatic carbocycles. The van der Waals surface area contributed by atoms with Gasteiger partial charge in [-0.25, -0.2) is 14.4 Å². The molecule has 0 bridgehead atoms. The Morgan fingerprint density at radius 2 is 2.12 bits per heavy atom. The van der Waals surface area contributed by atoms with Gasteiger partial charge in [0, 0.05) is 11.6 Å². The number of anilines is 2. The summed E-state index contributed by atoms with van der Waals surface area (Å²) >= 11 is 0. The first-order valence-electron chi connectivity index (χ1n) is 8.43. The van der Waals surface area contributed by atoms with Crippen molar-refractivity contribution >= 4 is 22.5 Å². The summed E-state index contributed by atoms with van der Waals surface area (Å²) in [5.41, 5.74) is 8.86. The van der Waals surface area contributed by atoms with E-state index < -0.39 is 0 Å². The number of nitrogens with one attached hydrogen (secondary N) is 1. The lowest BCUT2D eigenvalue weighted by Gasteiger charge is -2.20. The fourth-order valence-corrected chi connectivity index (χ4v) is 3.28. The predicted molar refractivity (Wildman–Crippen MR) is 96.9 cm³/mol. The number of benzene rings is 1. The third kappa shape index (κ3) is 2.80.